The summed E-state index contributed by atoms with van der Waals surface area (Å²) in [4.78, 5) is 14.2. The highest BCUT2D eigenvalue weighted by Gasteiger charge is 2.35. The van der Waals surface area contributed by atoms with Crippen LogP contribution in [0.1, 0.15) is 58.8 Å². The van der Waals surface area contributed by atoms with Crippen molar-refractivity contribution in [3.63, 3.8) is 0 Å². The van der Waals surface area contributed by atoms with E-state index in [1.54, 1.807) is 0 Å². The number of aliphatic hydroxyl groups excluding tert-OH is 1. The van der Waals surface area contributed by atoms with Crippen LogP contribution < -0.4 is 0 Å². The van der Waals surface area contributed by atoms with Crippen LogP contribution in [0.3, 0.4) is 0 Å². The van der Waals surface area contributed by atoms with Gasteiger partial charge in [0.1, 0.15) is 0 Å². The minimum Gasteiger partial charge on any atom is -0.395 e. The fraction of sp³-hybridized carbons (Fsp3) is 0.933. The van der Waals surface area contributed by atoms with Crippen LogP contribution >= 0.6 is 0 Å². The summed E-state index contributed by atoms with van der Waals surface area (Å²) in [5.74, 6) is 0.829. The van der Waals surface area contributed by atoms with Gasteiger partial charge in [0.15, 0.2) is 0 Å². The van der Waals surface area contributed by atoms with E-state index >= 15 is 0 Å². The molecule has 2 rings (SSSR count). The molecule has 2 fully saturated rings. The summed E-state index contributed by atoms with van der Waals surface area (Å²) in [6.45, 7) is 5.25. The molecule has 0 saturated heterocycles. The summed E-state index contributed by atoms with van der Waals surface area (Å²) in [5, 5.41) is 9.06. The number of hydrogen-bond acceptors (Lipinski definition) is 2. The Kier molecular flexibility index (Phi) is 4.31. The van der Waals surface area contributed by atoms with E-state index in [4.69, 9.17) is 5.11 Å². The number of hydrogen-bond donors (Lipinski definition) is 1. The van der Waals surface area contributed by atoms with Crippen molar-refractivity contribution in [2.75, 3.05) is 13.2 Å². The van der Waals surface area contributed by atoms with Gasteiger partial charge in [-0.2, -0.15) is 0 Å². The highest BCUT2D eigenvalue weighted by atomic mass is 16.3. The first kappa shape index (κ1) is 13.9. The molecule has 0 bridgehead atoms. The Hall–Kier alpha value is -0.570. The minimum atomic E-state index is 0.0956. The number of amides is 1. The largest absolute Gasteiger partial charge is 0.395 e. The lowest BCUT2D eigenvalue weighted by Crippen LogP contribution is -2.37. The molecule has 0 aromatic rings. The van der Waals surface area contributed by atoms with Crippen LogP contribution in [-0.2, 0) is 4.79 Å². The quantitative estimate of drug-likeness (QED) is 0.818. The second-order valence-electron chi connectivity index (χ2n) is 6.87. The van der Waals surface area contributed by atoms with Crippen LogP contribution in [-0.4, -0.2) is 35.1 Å². The van der Waals surface area contributed by atoms with Crippen LogP contribution in [0.25, 0.3) is 0 Å². The average Bonchev–Trinajstić information content (AvgIpc) is 3.08. The van der Waals surface area contributed by atoms with Gasteiger partial charge in [-0.25, -0.2) is 0 Å². The molecule has 2 aliphatic rings. The number of carbonyl (C=O) groups excluding carboxylic acids is 1. The maximum Gasteiger partial charge on any atom is 0.223 e. The Balaban J connectivity index is 1.85. The normalized spacial score (nSPS) is 26.9. The lowest BCUT2D eigenvalue weighted by Gasteiger charge is -2.35. The van der Waals surface area contributed by atoms with Gasteiger partial charge in [0, 0.05) is 19.0 Å². The van der Waals surface area contributed by atoms with Gasteiger partial charge in [-0.15, -0.1) is 0 Å². The van der Waals surface area contributed by atoms with Crippen molar-refractivity contribution in [1.29, 1.82) is 0 Å². The van der Waals surface area contributed by atoms with Crippen molar-refractivity contribution in [3.05, 3.63) is 0 Å². The zero-order valence-corrected chi connectivity index (χ0v) is 11.8. The summed E-state index contributed by atoms with van der Waals surface area (Å²) in [7, 11) is 0. The van der Waals surface area contributed by atoms with Crippen LogP contribution in [0.4, 0.5) is 0 Å². The van der Waals surface area contributed by atoms with Gasteiger partial charge in [0.2, 0.25) is 5.91 Å². The van der Waals surface area contributed by atoms with E-state index in [-0.39, 0.29) is 12.5 Å². The Labute approximate surface area is 111 Å². The molecule has 1 N–H and O–H groups in total. The lowest BCUT2D eigenvalue weighted by atomic mass is 9.71. The maximum atomic E-state index is 12.3. The maximum absolute atomic E-state index is 12.3. The Morgan fingerprint density at radius 1 is 1.33 bits per heavy atom. The molecule has 1 unspecified atom stereocenters. The zero-order chi connectivity index (χ0) is 13.2. The number of nitrogens with zero attached hydrogens (tertiary/aromatic N) is 1. The Bertz CT molecular complexity index is 297. The van der Waals surface area contributed by atoms with Gasteiger partial charge < -0.3 is 10.0 Å². The third kappa shape index (κ3) is 3.71. The molecule has 3 nitrogen and oxygen atoms in total. The molecule has 0 aliphatic heterocycles. The molecule has 0 aromatic carbocycles. The highest BCUT2D eigenvalue weighted by molar-refractivity contribution is 5.77. The predicted molar refractivity (Wildman–Crippen MR) is 72.2 cm³/mol. The van der Waals surface area contributed by atoms with E-state index in [2.05, 4.69) is 13.8 Å². The van der Waals surface area contributed by atoms with E-state index in [0.717, 1.165) is 12.8 Å². The van der Waals surface area contributed by atoms with E-state index in [1.165, 1.54) is 25.7 Å². The molecule has 18 heavy (non-hydrogen) atoms. The molecule has 3 heteroatoms. The first-order chi connectivity index (χ1) is 8.52. The van der Waals surface area contributed by atoms with E-state index in [1.807, 2.05) is 4.90 Å². The molecule has 1 atom stereocenters. The van der Waals surface area contributed by atoms with Crippen molar-refractivity contribution >= 4 is 5.91 Å². The fourth-order valence-corrected chi connectivity index (χ4v) is 3.40. The molecule has 0 spiro atoms. The standard InChI is InChI=1S/C15H27NO2/c1-15(2)7-3-4-12(11-15)10-14(18)16(8-9-17)13-5-6-13/h12-13,17H,3-11H2,1-2H3. The molecule has 1 amide bonds. The van der Waals surface area contributed by atoms with Crippen LogP contribution in [0.15, 0.2) is 0 Å². The van der Waals surface area contributed by atoms with Crippen molar-refractivity contribution in [3.8, 4) is 0 Å². The molecule has 2 aliphatic carbocycles. The lowest BCUT2D eigenvalue weighted by molar-refractivity contribution is -0.133. The van der Waals surface area contributed by atoms with Gasteiger partial charge in [-0.05, 0) is 43.4 Å². The molecular formula is C15H27NO2. The number of aliphatic hydroxyl groups is 1. The van der Waals surface area contributed by atoms with Crippen molar-refractivity contribution in [1.82, 2.24) is 4.90 Å². The Morgan fingerprint density at radius 3 is 2.61 bits per heavy atom. The van der Waals surface area contributed by atoms with Gasteiger partial charge in [0.05, 0.1) is 6.61 Å². The topological polar surface area (TPSA) is 40.5 Å². The molecule has 2 saturated carbocycles. The smallest absolute Gasteiger partial charge is 0.223 e. The van der Waals surface area contributed by atoms with Crippen molar-refractivity contribution in [2.45, 2.75) is 64.8 Å². The molecule has 104 valence electrons. The average molecular weight is 253 g/mol. The fourth-order valence-electron chi connectivity index (χ4n) is 3.40. The van der Waals surface area contributed by atoms with Crippen LogP contribution in [0.5, 0.6) is 0 Å². The minimum absolute atomic E-state index is 0.0956. The molecule has 0 heterocycles. The summed E-state index contributed by atoms with van der Waals surface area (Å²) in [5.41, 5.74) is 0.407. The van der Waals surface area contributed by atoms with E-state index < -0.39 is 0 Å². The van der Waals surface area contributed by atoms with Gasteiger partial charge >= 0.3 is 0 Å². The monoisotopic (exact) mass is 253 g/mol. The second-order valence-corrected chi connectivity index (χ2v) is 6.87. The first-order valence-electron chi connectivity index (χ1n) is 7.42. The second kappa shape index (κ2) is 5.60. The summed E-state index contributed by atoms with van der Waals surface area (Å²) < 4.78 is 0. The summed E-state index contributed by atoms with van der Waals surface area (Å²) in [6, 6.07) is 0.432. The predicted octanol–water partition coefficient (Wildman–Crippen LogP) is 2.58. The number of carbonyl (C=O) groups is 1. The SMILES string of the molecule is CC1(C)CCCC(CC(=O)N(CCO)C2CC2)C1. The third-order valence-electron chi connectivity index (χ3n) is 4.42. The summed E-state index contributed by atoms with van der Waals surface area (Å²) >= 11 is 0. The summed E-state index contributed by atoms with van der Waals surface area (Å²) in [6.07, 6.45) is 7.88. The molecule has 0 radical (unpaired) electrons. The van der Waals surface area contributed by atoms with Crippen molar-refractivity contribution in [2.24, 2.45) is 11.3 Å². The van der Waals surface area contributed by atoms with Crippen molar-refractivity contribution < 1.29 is 9.90 Å². The van der Waals surface area contributed by atoms with Crippen LogP contribution in [0.2, 0.25) is 0 Å². The third-order valence-corrected chi connectivity index (χ3v) is 4.42. The highest BCUT2D eigenvalue weighted by Crippen LogP contribution is 2.40. The Morgan fingerprint density at radius 2 is 2.06 bits per heavy atom. The molecule has 0 aromatic heterocycles. The molecular weight excluding hydrogens is 226 g/mol. The van der Waals surface area contributed by atoms with Gasteiger partial charge in [-0.3, -0.25) is 4.79 Å². The zero-order valence-electron chi connectivity index (χ0n) is 11.8. The van der Waals surface area contributed by atoms with Gasteiger partial charge in [0.25, 0.3) is 0 Å². The van der Waals surface area contributed by atoms with E-state index in [0.29, 0.717) is 30.3 Å². The van der Waals surface area contributed by atoms with E-state index in [9.17, 15) is 4.79 Å². The first-order valence-corrected chi connectivity index (χ1v) is 7.42. The van der Waals surface area contributed by atoms with Gasteiger partial charge in [-0.1, -0.05) is 20.3 Å². The number of rotatable bonds is 5. The van der Waals surface area contributed by atoms with Crippen LogP contribution in [0, 0.1) is 11.3 Å².